The highest BCUT2D eigenvalue weighted by Gasteiger charge is 2.17. The van der Waals surface area contributed by atoms with Gasteiger partial charge in [0.25, 0.3) is 0 Å². The molecule has 0 saturated carbocycles. The second-order valence-corrected chi connectivity index (χ2v) is 11.2. The Kier molecular flexibility index (Phi) is 5.11. The van der Waals surface area contributed by atoms with Crippen molar-refractivity contribution in [2.24, 2.45) is 0 Å². The zero-order valence-electron chi connectivity index (χ0n) is 21.3. The smallest absolute Gasteiger partial charge is 0.0433 e. The van der Waals surface area contributed by atoms with Gasteiger partial charge in [-0.05, 0) is 72.8 Å². The molecule has 0 nitrogen and oxygen atoms in total. The molecule has 0 N–H and O–H groups in total. The van der Waals surface area contributed by atoms with Crippen LogP contribution in [0.5, 0.6) is 0 Å². The van der Waals surface area contributed by atoms with Crippen molar-refractivity contribution in [2.75, 3.05) is 0 Å². The zero-order valence-corrected chi connectivity index (χ0v) is 22.1. The molecule has 0 spiro atoms. The Labute approximate surface area is 231 Å². The molecule has 39 heavy (non-hydrogen) atoms. The van der Waals surface area contributed by atoms with Crippen molar-refractivity contribution in [3.8, 4) is 32.7 Å². The molecule has 182 valence electrons. The van der Waals surface area contributed by atoms with E-state index in [0.29, 0.717) is 0 Å². The Morgan fingerprint density at radius 2 is 0.769 bits per heavy atom. The third-order valence-electron chi connectivity index (χ3n) is 7.86. The summed E-state index contributed by atoms with van der Waals surface area (Å²) in [4.78, 5) is 1.32. The fraction of sp³-hybridized carbons (Fsp3) is 0. The summed E-state index contributed by atoms with van der Waals surface area (Å²) < 4.78 is 1.31. The molecule has 0 unspecified atom stereocenters. The molecule has 0 saturated heterocycles. The van der Waals surface area contributed by atoms with E-state index in [2.05, 4.69) is 146 Å². The minimum atomic E-state index is 1.25. The van der Waals surface area contributed by atoms with Crippen LogP contribution in [0.25, 0.3) is 75.1 Å². The number of hydrogen-bond acceptors (Lipinski definition) is 1. The highest BCUT2D eigenvalue weighted by atomic mass is 32.1. The maximum Gasteiger partial charge on any atom is 0.0433 e. The van der Waals surface area contributed by atoms with Gasteiger partial charge in [0.2, 0.25) is 0 Å². The number of rotatable bonds is 3. The van der Waals surface area contributed by atoms with Crippen molar-refractivity contribution in [3.05, 3.63) is 146 Å². The minimum Gasteiger partial charge on any atom is -0.135 e. The lowest BCUT2D eigenvalue weighted by atomic mass is 9.91. The fourth-order valence-corrected chi connectivity index (χ4v) is 7.26. The Morgan fingerprint density at radius 3 is 1.38 bits per heavy atom. The molecule has 1 heterocycles. The molecule has 8 rings (SSSR count). The van der Waals surface area contributed by atoms with E-state index in [1.54, 1.807) is 0 Å². The Morgan fingerprint density at radius 1 is 0.308 bits per heavy atom. The van der Waals surface area contributed by atoms with E-state index >= 15 is 0 Å². The summed E-state index contributed by atoms with van der Waals surface area (Å²) in [5.41, 5.74) is 6.34. The van der Waals surface area contributed by atoms with Crippen LogP contribution >= 0.6 is 11.3 Å². The van der Waals surface area contributed by atoms with Gasteiger partial charge in [0, 0.05) is 20.5 Å². The van der Waals surface area contributed by atoms with Gasteiger partial charge >= 0.3 is 0 Å². The van der Waals surface area contributed by atoms with E-state index in [-0.39, 0.29) is 0 Å². The van der Waals surface area contributed by atoms with Gasteiger partial charge in [-0.15, -0.1) is 11.3 Å². The van der Waals surface area contributed by atoms with Crippen LogP contribution in [0.4, 0.5) is 0 Å². The molecule has 0 atom stereocenters. The lowest BCUT2D eigenvalue weighted by Gasteiger charge is -2.12. The predicted molar refractivity (Wildman–Crippen MR) is 171 cm³/mol. The number of thiophene rings is 1. The maximum absolute atomic E-state index is 2.39. The number of fused-ring (bicyclic) bond motifs is 7. The van der Waals surface area contributed by atoms with E-state index in [1.165, 1.54) is 75.1 Å². The zero-order chi connectivity index (χ0) is 25.8. The van der Waals surface area contributed by atoms with Crippen molar-refractivity contribution >= 4 is 53.7 Å². The summed E-state index contributed by atoms with van der Waals surface area (Å²) in [5, 5.41) is 9.16. The normalized spacial score (nSPS) is 11.6. The predicted octanol–water partition coefficient (Wildman–Crippen LogP) is 11.4. The molecule has 0 aliphatic heterocycles. The standard InChI is InChI=1S/C38H24S/c1-3-11-25(12-4-1)37-35-24-28(20-22-36(35)39-38(37)26-13-5-2-6-14-26)27-19-21-33-31-17-8-7-15-29(31)30-16-9-10-18-32(30)34(33)23-27/h1-24H. The van der Waals surface area contributed by atoms with Gasteiger partial charge in [0.05, 0.1) is 0 Å². The second kappa shape index (κ2) is 8.94. The fourth-order valence-electron chi connectivity index (χ4n) is 6.05. The van der Waals surface area contributed by atoms with Gasteiger partial charge in [0.1, 0.15) is 0 Å². The first-order chi connectivity index (χ1) is 19.3. The molecule has 0 bridgehead atoms. The third kappa shape index (κ3) is 3.59. The van der Waals surface area contributed by atoms with Crippen molar-refractivity contribution in [1.29, 1.82) is 0 Å². The summed E-state index contributed by atoms with van der Waals surface area (Å²) in [7, 11) is 0. The molecule has 0 fully saturated rings. The number of benzene rings is 7. The second-order valence-electron chi connectivity index (χ2n) is 10.1. The molecule has 0 radical (unpaired) electrons. The average molecular weight is 513 g/mol. The van der Waals surface area contributed by atoms with E-state index < -0.39 is 0 Å². The number of hydrogen-bond donors (Lipinski definition) is 0. The quantitative estimate of drug-likeness (QED) is 0.207. The average Bonchev–Trinajstić information content (AvgIpc) is 3.41. The Bertz CT molecular complexity index is 2120. The van der Waals surface area contributed by atoms with Crippen molar-refractivity contribution in [1.82, 2.24) is 0 Å². The van der Waals surface area contributed by atoms with Gasteiger partial charge in [0.15, 0.2) is 0 Å². The maximum atomic E-state index is 2.39. The topological polar surface area (TPSA) is 0 Å². The summed E-state index contributed by atoms with van der Waals surface area (Å²) in [6.07, 6.45) is 0. The van der Waals surface area contributed by atoms with Crippen LogP contribution in [-0.4, -0.2) is 0 Å². The molecule has 1 heteroatoms. The van der Waals surface area contributed by atoms with E-state index in [0.717, 1.165) is 0 Å². The first-order valence-electron chi connectivity index (χ1n) is 13.4. The first-order valence-corrected chi connectivity index (χ1v) is 14.2. The van der Waals surface area contributed by atoms with E-state index in [4.69, 9.17) is 0 Å². The molecule has 0 aliphatic carbocycles. The summed E-state index contributed by atoms with van der Waals surface area (Å²) in [6.45, 7) is 0. The van der Waals surface area contributed by atoms with Crippen molar-refractivity contribution < 1.29 is 0 Å². The summed E-state index contributed by atoms with van der Waals surface area (Å²) in [5.74, 6) is 0. The van der Waals surface area contributed by atoms with Crippen LogP contribution < -0.4 is 0 Å². The highest BCUT2D eigenvalue weighted by molar-refractivity contribution is 7.23. The largest absolute Gasteiger partial charge is 0.135 e. The van der Waals surface area contributed by atoms with E-state index in [1.807, 2.05) is 11.3 Å². The van der Waals surface area contributed by atoms with Crippen LogP contribution in [0.3, 0.4) is 0 Å². The van der Waals surface area contributed by atoms with Gasteiger partial charge in [-0.1, -0.05) is 127 Å². The van der Waals surface area contributed by atoms with Gasteiger partial charge in [-0.2, -0.15) is 0 Å². The lowest BCUT2D eigenvalue weighted by Crippen LogP contribution is -1.85. The monoisotopic (exact) mass is 512 g/mol. The van der Waals surface area contributed by atoms with Gasteiger partial charge < -0.3 is 0 Å². The van der Waals surface area contributed by atoms with E-state index in [9.17, 15) is 0 Å². The first kappa shape index (κ1) is 22.3. The van der Waals surface area contributed by atoms with Gasteiger partial charge in [-0.25, -0.2) is 0 Å². The Balaban J connectivity index is 1.39. The van der Waals surface area contributed by atoms with Crippen molar-refractivity contribution in [3.63, 3.8) is 0 Å². The molecule has 0 amide bonds. The Hall–Kier alpha value is -4.72. The van der Waals surface area contributed by atoms with Crippen LogP contribution in [0.1, 0.15) is 0 Å². The van der Waals surface area contributed by atoms with Crippen LogP contribution in [0, 0.1) is 0 Å². The van der Waals surface area contributed by atoms with Crippen LogP contribution in [0.2, 0.25) is 0 Å². The third-order valence-corrected chi connectivity index (χ3v) is 9.08. The van der Waals surface area contributed by atoms with Gasteiger partial charge in [-0.3, -0.25) is 0 Å². The molecular formula is C38H24S. The molecular weight excluding hydrogens is 488 g/mol. The summed E-state index contributed by atoms with van der Waals surface area (Å²) >= 11 is 1.88. The van der Waals surface area contributed by atoms with Crippen LogP contribution in [-0.2, 0) is 0 Å². The molecule has 7 aromatic carbocycles. The molecule has 8 aromatic rings. The van der Waals surface area contributed by atoms with Crippen LogP contribution in [0.15, 0.2) is 146 Å². The summed E-state index contributed by atoms with van der Waals surface area (Å²) in [6, 6.07) is 53.1. The lowest BCUT2D eigenvalue weighted by molar-refractivity contribution is 1.65. The molecule has 1 aromatic heterocycles. The van der Waals surface area contributed by atoms with Crippen molar-refractivity contribution in [2.45, 2.75) is 0 Å². The minimum absolute atomic E-state index is 1.25. The SMILES string of the molecule is c1ccc(-c2sc3ccc(-c4ccc5c6ccccc6c6ccccc6c5c4)cc3c2-c2ccccc2)cc1. The molecule has 0 aliphatic rings. The highest BCUT2D eigenvalue weighted by Crippen LogP contribution is 2.46.